The second-order valence-corrected chi connectivity index (χ2v) is 5.00. The van der Waals surface area contributed by atoms with Crippen LogP contribution in [0, 0.1) is 0 Å². The molecule has 2 amide bonds. The molecule has 0 aliphatic carbocycles. The van der Waals surface area contributed by atoms with Gasteiger partial charge in [0.15, 0.2) is 0 Å². The molecule has 0 fully saturated rings. The molecule has 0 aliphatic heterocycles. The van der Waals surface area contributed by atoms with Gasteiger partial charge < -0.3 is 16.4 Å². The van der Waals surface area contributed by atoms with Crippen molar-refractivity contribution in [3.05, 3.63) is 29.8 Å². The highest BCUT2D eigenvalue weighted by Crippen LogP contribution is 2.10. The molecular weight excluding hydrogens is 254 g/mol. The van der Waals surface area contributed by atoms with Crippen LogP contribution in [0.4, 0.5) is 5.69 Å². The SMILES string of the molecule is CC(C)NC(=O)c1ccc(NC(=O)CCCCN)cc1. The van der Waals surface area contributed by atoms with E-state index in [1.54, 1.807) is 24.3 Å². The summed E-state index contributed by atoms with van der Waals surface area (Å²) >= 11 is 0. The average Bonchev–Trinajstić information content (AvgIpc) is 2.39. The molecule has 5 heteroatoms. The third-order valence-electron chi connectivity index (χ3n) is 2.71. The molecule has 0 atom stereocenters. The van der Waals surface area contributed by atoms with Crippen LogP contribution in [0.25, 0.3) is 0 Å². The number of carbonyl (C=O) groups is 2. The number of hydrogen-bond donors (Lipinski definition) is 3. The lowest BCUT2D eigenvalue weighted by atomic mass is 10.1. The lowest BCUT2D eigenvalue weighted by Crippen LogP contribution is -2.30. The van der Waals surface area contributed by atoms with Crippen LogP contribution in [-0.4, -0.2) is 24.4 Å². The first-order valence-corrected chi connectivity index (χ1v) is 6.93. The number of amides is 2. The number of hydrogen-bond acceptors (Lipinski definition) is 3. The summed E-state index contributed by atoms with van der Waals surface area (Å²) in [5, 5.41) is 5.61. The molecule has 5 nitrogen and oxygen atoms in total. The van der Waals surface area contributed by atoms with Crippen molar-refractivity contribution in [2.45, 2.75) is 39.2 Å². The molecular formula is C15H23N3O2. The van der Waals surface area contributed by atoms with E-state index in [9.17, 15) is 9.59 Å². The molecule has 0 aromatic heterocycles. The lowest BCUT2D eigenvalue weighted by Gasteiger charge is -2.09. The van der Waals surface area contributed by atoms with Crippen LogP contribution < -0.4 is 16.4 Å². The van der Waals surface area contributed by atoms with E-state index in [-0.39, 0.29) is 17.9 Å². The predicted molar refractivity (Wildman–Crippen MR) is 80.6 cm³/mol. The zero-order chi connectivity index (χ0) is 15.0. The predicted octanol–water partition coefficient (Wildman–Crippen LogP) is 1.89. The molecule has 0 saturated heterocycles. The maximum Gasteiger partial charge on any atom is 0.251 e. The van der Waals surface area contributed by atoms with Gasteiger partial charge in [-0.2, -0.15) is 0 Å². The van der Waals surface area contributed by atoms with Crippen LogP contribution in [0.15, 0.2) is 24.3 Å². The van der Waals surface area contributed by atoms with Gasteiger partial charge in [0.2, 0.25) is 5.91 Å². The van der Waals surface area contributed by atoms with E-state index in [0.717, 1.165) is 12.8 Å². The van der Waals surface area contributed by atoms with Crippen molar-refractivity contribution in [1.29, 1.82) is 0 Å². The molecule has 0 radical (unpaired) electrons. The van der Waals surface area contributed by atoms with E-state index in [4.69, 9.17) is 5.73 Å². The summed E-state index contributed by atoms with van der Waals surface area (Å²) in [4.78, 5) is 23.4. The van der Waals surface area contributed by atoms with Crippen LogP contribution in [0.5, 0.6) is 0 Å². The summed E-state index contributed by atoms with van der Waals surface area (Å²) in [5.74, 6) is -0.140. The third kappa shape index (κ3) is 5.84. The van der Waals surface area contributed by atoms with Gasteiger partial charge in [0.25, 0.3) is 5.91 Å². The average molecular weight is 277 g/mol. The Hall–Kier alpha value is -1.88. The minimum atomic E-state index is -0.110. The summed E-state index contributed by atoms with van der Waals surface area (Å²) in [6, 6.07) is 6.97. The lowest BCUT2D eigenvalue weighted by molar-refractivity contribution is -0.116. The minimum Gasteiger partial charge on any atom is -0.350 e. The molecule has 4 N–H and O–H groups in total. The molecule has 0 saturated carbocycles. The number of nitrogens with one attached hydrogen (secondary N) is 2. The Labute approximate surface area is 119 Å². The maximum atomic E-state index is 11.8. The Morgan fingerprint density at radius 3 is 2.35 bits per heavy atom. The first kappa shape index (κ1) is 16.2. The van der Waals surface area contributed by atoms with Gasteiger partial charge in [-0.3, -0.25) is 9.59 Å². The van der Waals surface area contributed by atoms with Crippen LogP contribution in [0.3, 0.4) is 0 Å². The number of carbonyl (C=O) groups excluding carboxylic acids is 2. The van der Waals surface area contributed by atoms with Gasteiger partial charge in [-0.05, 0) is 57.5 Å². The van der Waals surface area contributed by atoms with Crippen molar-refractivity contribution in [3.63, 3.8) is 0 Å². The largest absolute Gasteiger partial charge is 0.350 e. The number of benzene rings is 1. The fourth-order valence-electron chi connectivity index (χ4n) is 1.70. The van der Waals surface area contributed by atoms with Gasteiger partial charge in [0.05, 0.1) is 0 Å². The zero-order valence-corrected chi connectivity index (χ0v) is 12.1. The van der Waals surface area contributed by atoms with E-state index in [1.165, 1.54) is 0 Å². The molecule has 0 unspecified atom stereocenters. The summed E-state index contributed by atoms with van der Waals surface area (Å²) in [6.07, 6.45) is 2.10. The Morgan fingerprint density at radius 1 is 1.15 bits per heavy atom. The topological polar surface area (TPSA) is 84.2 Å². The number of rotatable bonds is 7. The Balaban J connectivity index is 2.50. The fourth-order valence-corrected chi connectivity index (χ4v) is 1.70. The molecule has 1 rings (SSSR count). The van der Waals surface area contributed by atoms with Crippen molar-refractivity contribution in [3.8, 4) is 0 Å². The molecule has 0 heterocycles. The number of unbranched alkanes of at least 4 members (excludes halogenated alkanes) is 1. The van der Waals surface area contributed by atoms with Crippen LogP contribution in [0.2, 0.25) is 0 Å². The normalized spacial score (nSPS) is 10.4. The van der Waals surface area contributed by atoms with Gasteiger partial charge in [-0.1, -0.05) is 0 Å². The maximum absolute atomic E-state index is 11.8. The summed E-state index contributed by atoms with van der Waals surface area (Å²) in [5.41, 5.74) is 6.66. The van der Waals surface area contributed by atoms with Crippen molar-refractivity contribution in [2.75, 3.05) is 11.9 Å². The van der Waals surface area contributed by atoms with E-state index >= 15 is 0 Å². The first-order valence-electron chi connectivity index (χ1n) is 6.93. The Bertz CT molecular complexity index is 441. The van der Waals surface area contributed by atoms with Gasteiger partial charge in [0.1, 0.15) is 0 Å². The van der Waals surface area contributed by atoms with Crippen molar-refractivity contribution in [1.82, 2.24) is 5.32 Å². The van der Waals surface area contributed by atoms with Crippen molar-refractivity contribution < 1.29 is 9.59 Å². The second kappa shape index (κ2) is 8.32. The van der Waals surface area contributed by atoms with Crippen molar-refractivity contribution >= 4 is 17.5 Å². The monoisotopic (exact) mass is 277 g/mol. The zero-order valence-electron chi connectivity index (χ0n) is 12.1. The van der Waals surface area contributed by atoms with E-state index in [2.05, 4.69) is 10.6 Å². The molecule has 0 aliphatic rings. The molecule has 110 valence electrons. The van der Waals surface area contributed by atoms with Gasteiger partial charge >= 0.3 is 0 Å². The summed E-state index contributed by atoms with van der Waals surface area (Å²) in [7, 11) is 0. The number of nitrogens with two attached hydrogens (primary N) is 1. The molecule has 20 heavy (non-hydrogen) atoms. The van der Waals surface area contributed by atoms with Gasteiger partial charge in [0, 0.05) is 23.7 Å². The smallest absolute Gasteiger partial charge is 0.251 e. The van der Waals surface area contributed by atoms with Crippen LogP contribution >= 0.6 is 0 Å². The molecule has 0 bridgehead atoms. The van der Waals surface area contributed by atoms with Crippen molar-refractivity contribution in [2.24, 2.45) is 5.73 Å². The second-order valence-electron chi connectivity index (χ2n) is 5.00. The molecule has 0 spiro atoms. The third-order valence-corrected chi connectivity index (χ3v) is 2.71. The van der Waals surface area contributed by atoms with Crippen LogP contribution in [0.1, 0.15) is 43.5 Å². The standard InChI is InChI=1S/C15H23N3O2/c1-11(2)17-15(20)12-6-8-13(9-7-12)18-14(19)5-3-4-10-16/h6-9,11H,3-5,10,16H2,1-2H3,(H,17,20)(H,18,19). The summed E-state index contributed by atoms with van der Waals surface area (Å²) < 4.78 is 0. The number of anilines is 1. The summed E-state index contributed by atoms with van der Waals surface area (Å²) in [6.45, 7) is 4.43. The Kier molecular flexibility index (Phi) is 6.73. The minimum absolute atomic E-state index is 0.0298. The highest BCUT2D eigenvalue weighted by Gasteiger charge is 2.07. The molecule has 1 aromatic rings. The van der Waals surface area contributed by atoms with E-state index in [1.807, 2.05) is 13.8 Å². The highest BCUT2D eigenvalue weighted by atomic mass is 16.2. The molecule has 1 aromatic carbocycles. The fraction of sp³-hybridized carbons (Fsp3) is 0.467. The van der Waals surface area contributed by atoms with Gasteiger partial charge in [-0.15, -0.1) is 0 Å². The highest BCUT2D eigenvalue weighted by molar-refractivity contribution is 5.95. The van der Waals surface area contributed by atoms with E-state index < -0.39 is 0 Å². The van der Waals surface area contributed by atoms with Gasteiger partial charge in [-0.25, -0.2) is 0 Å². The quantitative estimate of drug-likeness (QED) is 0.665. The first-order chi connectivity index (χ1) is 9.52. The van der Waals surface area contributed by atoms with E-state index in [0.29, 0.717) is 24.2 Å². The Morgan fingerprint density at radius 2 is 1.80 bits per heavy atom. The van der Waals surface area contributed by atoms with Crippen LogP contribution in [-0.2, 0) is 4.79 Å².